The first-order valence-electron chi connectivity index (χ1n) is 5.71. The van der Waals surface area contributed by atoms with Crippen LogP contribution in [-0.2, 0) is 14.6 Å². The zero-order valence-corrected chi connectivity index (χ0v) is 11.1. The van der Waals surface area contributed by atoms with Crippen LogP contribution >= 0.6 is 0 Å². The second kappa shape index (κ2) is 6.23. The number of carbonyl (C=O) groups is 1. The molecule has 0 aliphatic heterocycles. The van der Waals surface area contributed by atoms with Gasteiger partial charge >= 0.3 is 5.97 Å². The Kier molecular flexibility index (Phi) is 6.00. The molecule has 0 aliphatic carbocycles. The van der Waals surface area contributed by atoms with Gasteiger partial charge in [-0.05, 0) is 26.2 Å². The van der Waals surface area contributed by atoms with Gasteiger partial charge in [0.15, 0.2) is 0 Å². The molecule has 5 heteroatoms. The van der Waals surface area contributed by atoms with Crippen molar-refractivity contribution >= 4 is 15.8 Å². The summed E-state index contributed by atoms with van der Waals surface area (Å²) in [4.78, 5) is 11.1. The van der Waals surface area contributed by atoms with Crippen LogP contribution in [0.2, 0.25) is 0 Å². The first-order chi connectivity index (χ1) is 7.27. The number of sulfone groups is 1. The van der Waals surface area contributed by atoms with Gasteiger partial charge in [-0.15, -0.1) is 0 Å². The molecule has 0 bridgehead atoms. The van der Waals surface area contributed by atoms with E-state index in [1.165, 1.54) is 0 Å². The van der Waals surface area contributed by atoms with Crippen molar-refractivity contribution < 1.29 is 18.3 Å². The average molecular weight is 250 g/mol. The average Bonchev–Trinajstić information content (AvgIpc) is 2.15. The van der Waals surface area contributed by atoms with Crippen LogP contribution in [0.5, 0.6) is 0 Å². The normalized spacial score (nSPS) is 15.7. The lowest BCUT2D eigenvalue weighted by Crippen LogP contribution is -2.30. The number of carboxylic acid groups (broad SMARTS) is 1. The van der Waals surface area contributed by atoms with Gasteiger partial charge in [0.25, 0.3) is 0 Å². The van der Waals surface area contributed by atoms with Crippen LogP contribution in [0.3, 0.4) is 0 Å². The van der Waals surface area contributed by atoms with Crippen molar-refractivity contribution in [1.82, 2.24) is 0 Å². The summed E-state index contributed by atoms with van der Waals surface area (Å²) in [7, 11) is -3.08. The van der Waals surface area contributed by atoms with Gasteiger partial charge in [-0.25, -0.2) is 8.42 Å². The summed E-state index contributed by atoms with van der Waals surface area (Å²) in [5.41, 5.74) is -0.907. The molecule has 0 saturated heterocycles. The molecular weight excluding hydrogens is 228 g/mol. The first kappa shape index (κ1) is 15.4. The summed E-state index contributed by atoms with van der Waals surface area (Å²) in [5, 5.41) is 9.10. The topological polar surface area (TPSA) is 71.4 Å². The first-order valence-corrected chi connectivity index (χ1v) is 7.53. The van der Waals surface area contributed by atoms with Gasteiger partial charge in [-0.1, -0.05) is 20.3 Å². The minimum Gasteiger partial charge on any atom is -0.481 e. The number of carboxylic acids is 1. The maximum atomic E-state index is 11.5. The monoisotopic (exact) mass is 250 g/mol. The van der Waals surface area contributed by atoms with E-state index in [2.05, 4.69) is 0 Å². The smallest absolute Gasteiger partial charge is 0.309 e. The van der Waals surface area contributed by atoms with E-state index in [9.17, 15) is 13.2 Å². The zero-order chi connectivity index (χ0) is 12.8. The van der Waals surface area contributed by atoms with Crippen molar-refractivity contribution in [3.8, 4) is 0 Å². The van der Waals surface area contributed by atoms with Crippen LogP contribution < -0.4 is 0 Å². The highest BCUT2D eigenvalue weighted by atomic mass is 32.2. The van der Waals surface area contributed by atoms with E-state index in [0.29, 0.717) is 12.8 Å². The van der Waals surface area contributed by atoms with Crippen molar-refractivity contribution in [3.63, 3.8) is 0 Å². The van der Waals surface area contributed by atoms with Crippen LogP contribution in [0.1, 0.15) is 46.5 Å². The summed E-state index contributed by atoms with van der Waals surface area (Å²) in [6, 6.07) is 0. The molecular formula is C11H22O4S. The third-order valence-corrected chi connectivity index (χ3v) is 4.65. The Bertz CT molecular complexity index is 321. The summed E-state index contributed by atoms with van der Waals surface area (Å²) >= 11 is 0. The summed E-state index contributed by atoms with van der Waals surface area (Å²) < 4.78 is 23.0. The predicted molar refractivity (Wildman–Crippen MR) is 64.2 cm³/mol. The molecule has 0 aromatic carbocycles. The highest BCUT2D eigenvalue weighted by Crippen LogP contribution is 2.28. The van der Waals surface area contributed by atoms with Crippen molar-refractivity contribution in [3.05, 3.63) is 0 Å². The Morgan fingerprint density at radius 1 is 1.12 bits per heavy atom. The fourth-order valence-corrected chi connectivity index (χ4v) is 3.27. The Morgan fingerprint density at radius 2 is 1.69 bits per heavy atom. The van der Waals surface area contributed by atoms with Crippen molar-refractivity contribution in [2.45, 2.75) is 46.5 Å². The third-order valence-electron chi connectivity index (χ3n) is 2.80. The van der Waals surface area contributed by atoms with Crippen LogP contribution in [0.25, 0.3) is 0 Å². The standard InChI is InChI=1S/C11H22O4S/c1-4-6-11(3,10(12)13)7-9-16(14,15)8-5-2/h4-9H2,1-3H3,(H,12,13). The van der Waals surface area contributed by atoms with Gasteiger partial charge in [0, 0.05) is 5.75 Å². The molecule has 0 radical (unpaired) electrons. The lowest BCUT2D eigenvalue weighted by Gasteiger charge is -2.23. The van der Waals surface area contributed by atoms with E-state index >= 15 is 0 Å². The maximum absolute atomic E-state index is 11.5. The fraction of sp³-hybridized carbons (Fsp3) is 0.909. The molecule has 0 aromatic rings. The molecule has 0 saturated carbocycles. The van der Waals surface area contributed by atoms with E-state index in [1.807, 2.05) is 6.92 Å². The molecule has 16 heavy (non-hydrogen) atoms. The van der Waals surface area contributed by atoms with E-state index < -0.39 is 21.2 Å². The fourth-order valence-electron chi connectivity index (χ4n) is 1.68. The lowest BCUT2D eigenvalue weighted by molar-refractivity contribution is -0.148. The largest absolute Gasteiger partial charge is 0.481 e. The minimum atomic E-state index is -3.08. The third kappa shape index (κ3) is 4.96. The van der Waals surface area contributed by atoms with Crippen molar-refractivity contribution in [2.75, 3.05) is 11.5 Å². The summed E-state index contributed by atoms with van der Waals surface area (Å²) in [5.74, 6) is -0.778. The minimum absolute atomic E-state index is 0.0242. The summed E-state index contributed by atoms with van der Waals surface area (Å²) in [6.45, 7) is 5.34. The molecule has 0 fully saturated rings. The van der Waals surface area contributed by atoms with Crippen molar-refractivity contribution in [1.29, 1.82) is 0 Å². The molecule has 1 unspecified atom stereocenters. The van der Waals surface area contributed by atoms with Crippen molar-refractivity contribution in [2.24, 2.45) is 5.41 Å². The van der Waals surface area contributed by atoms with Gasteiger partial charge in [0.05, 0.1) is 11.2 Å². The van der Waals surface area contributed by atoms with Gasteiger partial charge < -0.3 is 5.11 Å². The Labute approximate surface area is 98.0 Å². The molecule has 4 nitrogen and oxygen atoms in total. The van der Waals surface area contributed by atoms with E-state index in [4.69, 9.17) is 5.11 Å². The Hall–Kier alpha value is -0.580. The Balaban J connectivity index is 4.50. The SMILES string of the molecule is CCCC(C)(CCS(=O)(=O)CCC)C(=O)O. The molecule has 1 N–H and O–H groups in total. The van der Waals surface area contributed by atoms with Crippen LogP contribution in [0.4, 0.5) is 0 Å². The predicted octanol–water partition coefficient (Wildman–Crippen LogP) is 2.09. The van der Waals surface area contributed by atoms with Gasteiger partial charge in [0.1, 0.15) is 9.84 Å². The molecule has 0 aromatic heterocycles. The molecule has 0 amide bonds. The van der Waals surface area contributed by atoms with Crippen LogP contribution in [-0.4, -0.2) is 31.0 Å². The number of hydrogen-bond donors (Lipinski definition) is 1. The van der Waals surface area contributed by atoms with Gasteiger partial charge in [-0.3, -0.25) is 4.79 Å². The molecule has 0 heterocycles. The maximum Gasteiger partial charge on any atom is 0.309 e. The molecule has 0 aliphatic rings. The second-order valence-corrected chi connectivity index (χ2v) is 6.82. The quantitative estimate of drug-likeness (QED) is 0.716. The van der Waals surface area contributed by atoms with E-state index in [-0.39, 0.29) is 17.9 Å². The van der Waals surface area contributed by atoms with Crippen LogP contribution in [0.15, 0.2) is 0 Å². The molecule has 0 spiro atoms. The number of rotatable bonds is 8. The van der Waals surface area contributed by atoms with Gasteiger partial charge in [-0.2, -0.15) is 0 Å². The van der Waals surface area contributed by atoms with Gasteiger partial charge in [0.2, 0.25) is 0 Å². The van der Waals surface area contributed by atoms with E-state index in [1.54, 1.807) is 13.8 Å². The van der Waals surface area contributed by atoms with E-state index in [0.717, 1.165) is 6.42 Å². The number of aliphatic carboxylic acids is 1. The molecule has 0 rings (SSSR count). The lowest BCUT2D eigenvalue weighted by atomic mass is 9.83. The second-order valence-electron chi connectivity index (χ2n) is 4.52. The highest BCUT2D eigenvalue weighted by molar-refractivity contribution is 7.91. The highest BCUT2D eigenvalue weighted by Gasteiger charge is 2.33. The Morgan fingerprint density at radius 3 is 2.06 bits per heavy atom. The molecule has 96 valence electrons. The summed E-state index contributed by atoms with van der Waals surface area (Å²) in [6.07, 6.45) is 2.05. The zero-order valence-electron chi connectivity index (χ0n) is 10.3. The number of hydrogen-bond acceptors (Lipinski definition) is 3. The molecule has 1 atom stereocenters. The van der Waals surface area contributed by atoms with Crippen LogP contribution in [0, 0.1) is 5.41 Å².